The summed E-state index contributed by atoms with van der Waals surface area (Å²) in [6.07, 6.45) is 1.03. The van der Waals surface area contributed by atoms with Crippen LogP contribution in [0.15, 0.2) is 40.2 Å². The number of nitrogens with one attached hydrogen (secondary N) is 1. The second-order valence-electron chi connectivity index (χ2n) is 4.46. The van der Waals surface area contributed by atoms with E-state index in [0.29, 0.717) is 5.92 Å². The zero-order valence-corrected chi connectivity index (χ0v) is 14.0. The van der Waals surface area contributed by atoms with Crippen LogP contribution in [0.3, 0.4) is 0 Å². The molecular weight excluding hydrogens is 342 g/mol. The van der Waals surface area contributed by atoms with Crippen molar-refractivity contribution >= 4 is 38.9 Å². The minimum absolute atomic E-state index is 0.452. The van der Waals surface area contributed by atoms with E-state index < -0.39 is 0 Å². The summed E-state index contributed by atoms with van der Waals surface area (Å²) in [5.41, 5.74) is 1.30. The molecule has 0 saturated carbocycles. The van der Waals surface area contributed by atoms with E-state index in [1.807, 2.05) is 12.1 Å². The van der Waals surface area contributed by atoms with E-state index in [0.717, 1.165) is 24.5 Å². The maximum absolute atomic E-state index is 6.11. The first-order valence-electron chi connectivity index (χ1n) is 6.38. The second kappa shape index (κ2) is 7.44. The van der Waals surface area contributed by atoms with Gasteiger partial charge >= 0.3 is 0 Å². The molecule has 0 saturated heterocycles. The van der Waals surface area contributed by atoms with Crippen molar-refractivity contribution in [3.8, 4) is 0 Å². The lowest BCUT2D eigenvalue weighted by Gasteiger charge is -2.17. The van der Waals surface area contributed by atoms with E-state index in [4.69, 9.17) is 11.6 Å². The number of benzene rings is 1. The zero-order chi connectivity index (χ0) is 13.7. The van der Waals surface area contributed by atoms with Crippen LogP contribution in [-0.4, -0.2) is 13.1 Å². The Hall–Kier alpha value is -0.350. The van der Waals surface area contributed by atoms with Crippen LogP contribution in [0.5, 0.6) is 0 Å². The summed E-state index contributed by atoms with van der Waals surface area (Å²) in [5.74, 6) is 0.452. The molecule has 0 spiro atoms. The summed E-state index contributed by atoms with van der Waals surface area (Å²) < 4.78 is 1.21. The van der Waals surface area contributed by atoms with Gasteiger partial charge in [-0.05, 0) is 58.0 Å². The molecule has 0 radical (unpaired) electrons. The standard InChI is InChI=1S/C15H17BrClNS/c1-2-18-10-12(9-15-14(16)6-7-19-15)11-4-3-5-13(17)8-11/h3-8,12,18H,2,9-10H2,1H3. The highest BCUT2D eigenvalue weighted by Gasteiger charge is 2.14. The average molecular weight is 359 g/mol. The van der Waals surface area contributed by atoms with Crippen LogP contribution in [0.2, 0.25) is 5.02 Å². The SMILES string of the molecule is CCNCC(Cc1sccc1Br)c1cccc(Cl)c1. The molecule has 1 nitrogen and oxygen atoms in total. The Bertz CT molecular complexity index is 526. The molecule has 2 rings (SSSR count). The fourth-order valence-electron chi connectivity index (χ4n) is 2.08. The Kier molecular flexibility index (Phi) is 5.89. The minimum Gasteiger partial charge on any atom is -0.316 e. The molecule has 102 valence electrons. The Morgan fingerprint density at radius 1 is 1.37 bits per heavy atom. The molecule has 1 aromatic heterocycles. The van der Waals surface area contributed by atoms with E-state index in [2.05, 4.69) is 51.7 Å². The molecule has 0 bridgehead atoms. The predicted octanol–water partition coefficient (Wildman–Crippen LogP) is 5.10. The molecule has 2 aromatic rings. The van der Waals surface area contributed by atoms with Gasteiger partial charge in [0.25, 0.3) is 0 Å². The molecular formula is C15H17BrClNS. The van der Waals surface area contributed by atoms with Crippen LogP contribution in [0.25, 0.3) is 0 Å². The predicted molar refractivity (Wildman–Crippen MR) is 88.5 cm³/mol. The first kappa shape index (κ1) is 15.0. The molecule has 0 aliphatic carbocycles. The molecule has 4 heteroatoms. The van der Waals surface area contributed by atoms with Gasteiger partial charge in [0, 0.05) is 26.8 Å². The normalized spacial score (nSPS) is 12.6. The van der Waals surface area contributed by atoms with Gasteiger partial charge in [-0.1, -0.05) is 30.7 Å². The van der Waals surface area contributed by atoms with Crippen LogP contribution in [-0.2, 0) is 6.42 Å². The summed E-state index contributed by atoms with van der Waals surface area (Å²) in [7, 11) is 0. The average Bonchev–Trinajstić information content (AvgIpc) is 2.80. The highest BCUT2D eigenvalue weighted by molar-refractivity contribution is 9.10. The lowest BCUT2D eigenvalue weighted by Crippen LogP contribution is -2.22. The van der Waals surface area contributed by atoms with Gasteiger partial charge in [-0.2, -0.15) is 0 Å². The van der Waals surface area contributed by atoms with E-state index >= 15 is 0 Å². The third kappa shape index (κ3) is 4.32. The molecule has 1 atom stereocenters. The van der Waals surface area contributed by atoms with E-state index in [1.54, 1.807) is 11.3 Å². The highest BCUT2D eigenvalue weighted by Crippen LogP contribution is 2.30. The summed E-state index contributed by atoms with van der Waals surface area (Å²) in [4.78, 5) is 1.39. The fraction of sp³-hybridized carbons (Fsp3) is 0.333. The van der Waals surface area contributed by atoms with Gasteiger partial charge in [-0.3, -0.25) is 0 Å². The molecule has 1 N–H and O–H groups in total. The largest absolute Gasteiger partial charge is 0.316 e. The van der Waals surface area contributed by atoms with Gasteiger partial charge in [0.1, 0.15) is 0 Å². The van der Waals surface area contributed by atoms with E-state index in [-0.39, 0.29) is 0 Å². The molecule has 0 amide bonds. The van der Waals surface area contributed by atoms with Crippen molar-refractivity contribution < 1.29 is 0 Å². The summed E-state index contributed by atoms with van der Waals surface area (Å²) in [5, 5.41) is 6.38. The first-order valence-corrected chi connectivity index (χ1v) is 8.43. The number of thiophene rings is 1. The van der Waals surface area contributed by atoms with Crippen LogP contribution in [0, 0.1) is 0 Å². The molecule has 0 aliphatic heterocycles. The van der Waals surface area contributed by atoms with Gasteiger partial charge < -0.3 is 5.32 Å². The third-order valence-electron chi connectivity index (χ3n) is 3.08. The second-order valence-corrected chi connectivity index (χ2v) is 6.75. The Balaban J connectivity index is 2.18. The van der Waals surface area contributed by atoms with Crippen LogP contribution >= 0.6 is 38.9 Å². The number of halogens is 2. The number of likely N-dealkylation sites (N-methyl/N-ethyl adjacent to an activating group) is 1. The number of rotatable bonds is 6. The smallest absolute Gasteiger partial charge is 0.0408 e. The molecule has 1 aromatic carbocycles. The quantitative estimate of drug-likeness (QED) is 0.757. The molecule has 1 unspecified atom stereocenters. The van der Waals surface area contributed by atoms with Gasteiger partial charge in [-0.15, -0.1) is 11.3 Å². The fourth-order valence-corrected chi connectivity index (χ4v) is 3.88. The lowest BCUT2D eigenvalue weighted by atomic mass is 9.95. The number of hydrogen-bond acceptors (Lipinski definition) is 2. The van der Waals surface area contributed by atoms with Crippen LogP contribution < -0.4 is 5.32 Å². The maximum Gasteiger partial charge on any atom is 0.0408 e. The van der Waals surface area contributed by atoms with Crippen molar-refractivity contribution in [1.29, 1.82) is 0 Å². The minimum atomic E-state index is 0.452. The lowest BCUT2D eigenvalue weighted by molar-refractivity contribution is 0.597. The van der Waals surface area contributed by atoms with Crippen molar-refractivity contribution in [3.63, 3.8) is 0 Å². The maximum atomic E-state index is 6.11. The monoisotopic (exact) mass is 357 g/mol. The highest BCUT2D eigenvalue weighted by atomic mass is 79.9. The van der Waals surface area contributed by atoms with Gasteiger partial charge in [-0.25, -0.2) is 0 Å². The molecule has 0 fully saturated rings. The van der Waals surface area contributed by atoms with E-state index in [9.17, 15) is 0 Å². The van der Waals surface area contributed by atoms with E-state index in [1.165, 1.54) is 14.9 Å². The zero-order valence-electron chi connectivity index (χ0n) is 10.8. The van der Waals surface area contributed by atoms with Crippen molar-refractivity contribution in [1.82, 2.24) is 5.32 Å². The molecule has 19 heavy (non-hydrogen) atoms. The topological polar surface area (TPSA) is 12.0 Å². The molecule has 0 aliphatic rings. The molecule has 1 heterocycles. The van der Waals surface area contributed by atoms with Gasteiger partial charge in [0.15, 0.2) is 0 Å². The Labute approximate surface area is 132 Å². The summed E-state index contributed by atoms with van der Waals surface area (Å²) >= 11 is 11.5. The third-order valence-corrected chi connectivity index (χ3v) is 5.27. The van der Waals surface area contributed by atoms with Crippen molar-refractivity contribution in [2.45, 2.75) is 19.3 Å². The first-order chi connectivity index (χ1) is 9.20. The van der Waals surface area contributed by atoms with Crippen molar-refractivity contribution in [3.05, 3.63) is 55.6 Å². The van der Waals surface area contributed by atoms with Crippen LogP contribution in [0.4, 0.5) is 0 Å². The van der Waals surface area contributed by atoms with Gasteiger partial charge in [0.2, 0.25) is 0 Å². The summed E-state index contributed by atoms with van der Waals surface area (Å²) in [6.45, 7) is 4.10. The Morgan fingerprint density at radius 2 is 2.21 bits per heavy atom. The number of hydrogen-bond donors (Lipinski definition) is 1. The summed E-state index contributed by atoms with van der Waals surface area (Å²) in [6, 6.07) is 10.3. The van der Waals surface area contributed by atoms with Crippen LogP contribution in [0.1, 0.15) is 23.3 Å². The van der Waals surface area contributed by atoms with Crippen molar-refractivity contribution in [2.75, 3.05) is 13.1 Å². The van der Waals surface area contributed by atoms with Crippen molar-refractivity contribution in [2.24, 2.45) is 0 Å². The Morgan fingerprint density at radius 3 is 2.84 bits per heavy atom. The van der Waals surface area contributed by atoms with Gasteiger partial charge in [0.05, 0.1) is 0 Å².